The number of halogens is 1. The zero-order valence-corrected chi connectivity index (χ0v) is 10.2. The largest absolute Gasteiger partial charge is 0.337 e. The summed E-state index contributed by atoms with van der Waals surface area (Å²) in [6, 6.07) is 2.43. The van der Waals surface area contributed by atoms with Crippen molar-refractivity contribution in [3.63, 3.8) is 0 Å². The van der Waals surface area contributed by atoms with Crippen molar-refractivity contribution in [3.8, 4) is 0 Å². The second kappa shape index (κ2) is 6.04. The predicted octanol–water partition coefficient (Wildman–Crippen LogP) is 2.85. The molecule has 0 N–H and O–H groups in total. The van der Waals surface area contributed by atoms with Crippen LogP contribution in [0.15, 0.2) is 18.5 Å². The van der Waals surface area contributed by atoms with E-state index in [9.17, 15) is 0 Å². The predicted molar refractivity (Wildman–Crippen MR) is 67.0 cm³/mol. The molecule has 0 aliphatic heterocycles. The SMILES string of the molecule is ClCCN(c1ncccn1)C1CCCCC1. The number of hydrogen-bond acceptors (Lipinski definition) is 3. The first kappa shape index (κ1) is 11.6. The maximum Gasteiger partial charge on any atom is 0.225 e. The van der Waals surface area contributed by atoms with Crippen LogP contribution in [-0.4, -0.2) is 28.4 Å². The van der Waals surface area contributed by atoms with Gasteiger partial charge in [0.15, 0.2) is 0 Å². The van der Waals surface area contributed by atoms with Gasteiger partial charge in [-0.3, -0.25) is 0 Å². The molecule has 0 atom stereocenters. The fourth-order valence-corrected chi connectivity index (χ4v) is 2.55. The Hall–Kier alpha value is -0.830. The van der Waals surface area contributed by atoms with Crippen molar-refractivity contribution in [2.75, 3.05) is 17.3 Å². The highest BCUT2D eigenvalue weighted by Gasteiger charge is 2.22. The molecule has 1 aromatic rings. The molecule has 0 amide bonds. The highest BCUT2D eigenvalue weighted by Crippen LogP contribution is 2.24. The third kappa shape index (κ3) is 2.85. The minimum absolute atomic E-state index is 0.579. The highest BCUT2D eigenvalue weighted by molar-refractivity contribution is 6.18. The Morgan fingerprint density at radius 3 is 2.50 bits per heavy atom. The summed E-state index contributed by atoms with van der Waals surface area (Å²) >= 11 is 5.87. The van der Waals surface area contributed by atoms with Crippen LogP contribution in [0.5, 0.6) is 0 Å². The highest BCUT2D eigenvalue weighted by atomic mass is 35.5. The number of nitrogens with zero attached hydrogens (tertiary/aromatic N) is 3. The molecule has 0 saturated heterocycles. The molecule has 0 aromatic carbocycles. The number of alkyl halides is 1. The van der Waals surface area contributed by atoms with Crippen LogP contribution >= 0.6 is 11.6 Å². The molecule has 1 heterocycles. The Bertz CT molecular complexity index is 298. The quantitative estimate of drug-likeness (QED) is 0.757. The van der Waals surface area contributed by atoms with Crippen LogP contribution in [0.25, 0.3) is 0 Å². The molecular formula is C12H18ClN3. The number of aromatic nitrogens is 2. The van der Waals surface area contributed by atoms with Crippen molar-refractivity contribution >= 4 is 17.5 Å². The van der Waals surface area contributed by atoms with Crippen LogP contribution in [-0.2, 0) is 0 Å². The van der Waals surface area contributed by atoms with E-state index in [2.05, 4.69) is 14.9 Å². The fourth-order valence-electron chi connectivity index (χ4n) is 2.37. The average molecular weight is 240 g/mol. The van der Waals surface area contributed by atoms with Crippen molar-refractivity contribution in [2.24, 2.45) is 0 Å². The lowest BCUT2D eigenvalue weighted by Gasteiger charge is -2.33. The van der Waals surface area contributed by atoms with E-state index in [0.717, 1.165) is 12.5 Å². The van der Waals surface area contributed by atoms with Gasteiger partial charge in [-0.2, -0.15) is 0 Å². The van der Waals surface area contributed by atoms with Crippen molar-refractivity contribution in [2.45, 2.75) is 38.1 Å². The van der Waals surface area contributed by atoms with Gasteiger partial charge in [0.25, 0.3) is 0 Å². The number of hydrogen-bond donors (Lipinski definition) is 0. The molecule has 1 aliphatic rings. The molecule has 1 saturated carbocycles. The molecule has 0 spiro atoms. The zero-order chi connectivity index (χ0) is 11.2. The van der Waals surface area contributed by atoms with E-state index in [0.29, 0.717) is 11.9 Å². The molecule has 3 nitrogen and oxygen atoms in total. The summed E-state index contributed by atoms with van der Waals surface area (Å²) < 4.78 is 0. The van der Waals surface area contributed by atoms with E-state index in [1.807, 2.05) is 6.07 Å². The van der Waals surface area contributed by atoms with E-state index in [1.165, 1.54) is 32.1 Å². The Balaban J connectivity index is 2.09. The lowest BCUT2D eigenvalue weighted by molar-refractivity contribution is 0.414. The first-order valence-electron chi connectivity index (χ1n) is 6.01. The summed E-state index contributed by atoms with van der Waals surface area (Å²) in [6.07, 6.45) is 10.1. The summed E-state index contributed by atoms with van der Waals surface area (Å²) in [4.78, 5) is 10.9. The summed E-state index contributed by atoms with van der Waals surface area (Å²) in [5.74, 6) is 1.46. The Labute approximate surface area is 102 Å². The van der Waals surface area contributed by atoms with Crippen LogP contribution in [0, 0.1) is 0 Å². The maximum atomic E-state index is 5.87. The van der Waals surface area contributed by atoms with Gasteiger partial charge in [0.05, 0.1) is 0 Å². The van der Waals surface area contributed by atoms with Crippen LogP contribution in [0.4, 0.5) is 5.95 Å². The molecule has 88 valence electrons. The normalized spacial score (nSPS) is 17.3. The first-order chi connectivity index (χ1) is 7.92. The van der Waals surface area contributed by atoms with Gasteiger partial charge in [-0.1, -0.05) is 19.3 Å². The summed E-state index contributed by atoms with van der Waals surface area (Å²) in [6.45, 7) is 0.843. The van der Waals surface area contributed by atoms with Gasteiger partial charge in [-0.25, -0.2) is 9.97 Å². The second-order valence-electron chi connectivity index (χ2n) is 4.22. The minimum atomic E-state index is 0.579. The van der Waals surface area contributed by atoms with Crippen molar-refractivity contribution < 1.29 is 0 Å². The first-order valence-corrected chi connectivity index (χ1v) is 6.55. The molecule has 1 fully saturated rings. The third-order valence-corrected chi connectivity index (χ3v) is 3.32. The van der Waals surface area contributed by atoms with Crippen molar-refractivity contribution in [3.05, 3.63) is 18.5 Å². The van der Waals surface area contributed by atoms with Crippen molar-refractivity contribution in [1.82, 2.24) is 9.97 Å². The number of anilines is 1. The van der Waals surface area contributed by atoms with Gasteiger partial charge < -0.3 is 4.90 Å². The van der Waals surface area contributed by atoms with Gasteiger partial charge in [-0.15, -0.1) is 11.6 Å². The topological polar surface area (TPSA) is 29.0 Å². The smallest absolute Gasteiger partial charge is 0.225 e. The summed E-state index contributed by atoms with van der Waals surface area (Å²) in [7, 11) is 0. The third-order valence-electron chi connectivity index (χ3n) is 3.15. The van der Waals surface area contributed by atoms with E-state index in [4.69, 9.17) is 11.6 Å². The monoisotopic (exact) mass is 239 g/mol. The Morgan fingerprint density at radius 1 is 1.19 bits per heavy atom. The van der Waals surface area contributed by atoms with Gasteiger partial charge in [-0.05, 0) is 18.9 Å². The van der Waals surface area contributed by atoms with Crippen LogP contribution in [0.3, 0.4) is 0 Å². The molecule has 16 heavy (non-hydrogen) atoms. The lowest BCUT2D eigenvalue weighted by Crippen LogP contribution is -2.39. The molecule has 2 rings (SSSR count). The zero-order valence-electron chi connectivity index (χ0n) is 9.48. The molecule has 0 unspecified atom stereocenters. The number of rotatable bonds is 4. The van der Waals surface area contributed by atoms with Crippen LogP contribution in [0.2, 0.25) is 0 Å². The molecule has 0 bridgehead atoms. The maximum absolute atomic E-state index is 5.87. The van der Waals surface area contributed by atoms with E-state index >= 15 is 0 Å². The molecule has 4 heteroatoms. The van der Waals surface area contributed by atoms with E-state index in [-0.39, 0.29) is 0 Å². The molecular weight excluding hydrogens is 222 g/mol. The van der Waals surface area contributed by atoms with Gasteiger partial charge in [0, 0.05) is 30.9 Å². The van der Waals surface area contributed by atoms with Crippen LogP contribution < -0.4 is 4.90 Å². The van der Waals surface area contributed by atoms with Gasteiger partial charge in [0.1, 0.15) is 0 Å². The summed E-state index contributed by atoms with van der Waals surface area (Å²) in [5.41, 5.74) is 0. The van der Waals surface area contributed by atoms with Crippen LogP contribution in [0.1, 0.15) is 32.1 Å². The molecule has 1 aromatic heterocycles. The summed E-state index contributed by atoms with van der Waals surface area (Å²) in [5, 5.41) is 0. The van der Waals surface area contributed by atoms with Crippen molar-refractivity contribution in [1.29, 1.82) is 0 Å². The fraction of sp³-hybridized carbons (Fsp3) is 0.667. The standard InChI is InChI=1S/C12H18ClN3/c13-7-10-16(11-5-2-1-3-6-11)12-14-8-4-9-15-12/h4,8-9,11H,1-3,5-7,10H2. The van der Waals surface area contributed by atoms with E-state index < -0.39 is 0 Å². The molecule has 1 aliphatic carbocycles. The van der Waals surface area contributed by atoms with Gasteiger partial charge in [0.2, 0.25) is 5.95 Å². The average Bonchev–Trinajstić information content (AvgIpc) is 2.38. The van der Waals surface area contributed by atoms with Gasteiger partial charge >= 0.3 is 0 Å². The molecule has 0 radical (unpaired) electrons. The lowest BCUT2D eigenvalue weighted by atomic mass is 9.94. The van der Waals surface area contributed by atoms with E-state index in [1.54, 1.807) is 12.4 Å². The minimum Gasteiger partial charge on any atom is -0.337 e. The second-order valence-corrected chi connectivity index (χ2v) is 4.60. The Morgan fingerprint density at radius 2 is 1.88 bits per heavy atom. The Kier molecular flexibility index (Phi) is 4.40.